The number of quaternary nitrogens is 1. The van der Waals surface area contributed by atoms with Crippen molar-refractivity contribution in [1.82, 2.24) is 5.32 Å². The lowest BCUT2D eigenvalue weighted by molar-refractivity contribution is -0.870. The maximum Gasteiger partial charge on any atom is 0.472 e. The predicted molar refractivity (Wildman–Crippen MR) is 263 cm³/mol. The Kier molecular flexibility index (Phi) is 43.5. The molecule has 0 aliphatic heterocycles. The fourth-order valence-electron chi connectivity index (χ4n) is 7.74. The van der Waals surface area contributed by atoms with Crippen LogP contribution in [0.3, 0.4) is 0 Å². The summed E-state index contributed by atoms with van der Waals surface area (Å²) >= 11 is 0. The average Bonchev–Trinajstić information content (AvgIpc) is 3.21. The highest BCUT2D eigenvalue weighted by atomic mass is 31.2. The normalized spacial score (nSPS) is 14.3. The van der Waals surface area contributed by atoms with Crippen molar-refractivity contribution >= 4 is 13.7 Å². The Bertz CT molecular complexity index is 1050. The molecule has 362 valence electrons. The minimum Gasteiger partial charge on any atom is -0.387 e. The molecule has 0 aromatic rings. The molecule has 0 radical (unpaired) electrons. The van der Waals surface area contributed by atoms with E-state index in [4.69, 9.17) is 9.05 Å². The third-order valence-corrected chi connectivity index (χ3v) is 12.9. The number of rotatable bonds is 48. The summed E-state index contributed by atoms with van der Waals surface area (Å²) in [5, 5.41) is 13.9. The van der Waals surface area contributed by atoms with Gasteiger partial charge in [0.05, 0.1) is 39.9 Å². The number of phosphoric acid groups is 1. The largest absolute Gasteiger partial charge is 0.472 e. The zero-order valence-electron chi connectivity index (χ0n) is 41.2. The fraction of sp³-hybridized carbons (Fsp3) is 0.904. The predicted octanol–water partition coefficient (Wildman–Crippen LogP) is 15.3. The molecule has 0 saturated heterocycles. The zero-order chi connectivity index (χ0) is 45.0. The molecule has 0 aromatic heterocycles. The van der Waals surface area contributed by atoms with Crippen LogP contribution in [0.15, 0.2) is 24.3 Å². The van der Waals surface area contributed by atoms with Crippen molar-refractivity contribution < 1.29 is 32.9 Å². The summed E-state index contributed by atoms with van der Waals surface area (Å²) in [5.74, 6) is -0.175. The molecule has 0 bridgehead atoms. The Morgan fingerprint density at radius 3 is 1.26 bits per heavy atom. The minimum atomic E-state index is -4.34. The number of allylic oxidation sites excluding steroid dienone is 3. The molecule has 0 aliphatic carbocycles. The summed E-state index contributed by atoms with van der Waals surface area (Å²) in [6.07, 6.45) is 54.0. The van der Waals surface area contributed by atoms with Crippen LogP contribution in [0.25, 0.3) is 0 Å². The number of aliphatic hydroxyl groups excluding tert-OH is 1. The third kappa shape index (κ3) is 46.8. The van der Waals surface area contributed by atoms with Gasteiger partial charge in [0, 0.05) is 6.42 Å². The first kappa shape index (κ1) is 60.0. The summed E-state index contributed by atoms with van der Waals surface area (Å²) in [6, 6.07) is -0.844. The van der Waals surface area contributed by atoms with Crippen LogP contribution in [0.1, 0.15) is 251 Å². The molecule has 0 heterocycles. The SMILES string of the molecule is CCCCCCCCCC/C=C\CCCCCCCCCCCCCC(=O)NC(COP(=O)(O)OCC[N+](C)(C)C)C(O)/C=C/CCCCCCCCCCCCCCCC. The van der Waals surface area contributed by atoms with Crippen molar-refractivity contribution in [3.8, 4) is 0 Å². The van der Waals surface area contributed by atoms with Gasteiger partial charge in [-0.25, -0.2) is 4.57 Å². The number of aliphatic hydroxyl groups is 1. The number of amides is 1. The lowest BCUT2D eigenvalue weighted by Crippen LogP contribution is -2.45. The van der Waals surface area contributed by atoms with E-state index >= 15 is 0 Å². The second-order valence-corrected chi connectivity index (χ2v) is 20.7. The van der Waals surface area contributed by atoms with Crippen LogP contribution in [0.2, 0.25) is 0 Å². The smallest absolute Gasteiger partial charge is 0.387 e. The first-order valence-corrected chi connectivity index (χ1v) is 27.7. The molecule has 3 N–H and O–H groups in total. The molecule has 0 saturated carbocycles. The van der Waals surface area contributed by atoms with Gasteiger partial charge in [-0.15, -0.1) is 0 Å². The first-order valence-electron chi connectivity index (χ1n) is 26.2. The molecule has 61 heavy (non-hydrogen) atoms. The van der Waals surface area contributed by atoms with Crippen LogP contribution in [-0.4, -0.2) is 73.4 Å². The van der Waals surface area contributed by atoms with Crippen molar-refractivity contribution in [1.29, 1.82) is 0 Å². The van der Waals surface area contributed by atoms with E-state index in [9.17, 15) is 19.4 Å². The monoisotopic (exact) mass is 884 g/mol. The lowest BCUT2D eigenvalue weighted by atomic mass is 10.0. The zero-order valence-corrected chi connectivity index (χ0v) is 42.1. The number of unbranched alkanes of at least 4 members (excludes halogenated alkanes) is 33. The Balaban J connectivity index is 4.25. The molecule has 0 fully saturated rings. The van der Waals surface area contributed by atoms with E-state index in [-0.39, 0.29) is 19.1 Å². The van der Waals surface area contributed by atoms with Gasteiger partial charge in [0.15, 0.2) is 0 Å². The van der Waals surface area contributed by atoms with Crippen LogP contribution in [0.5, 0.6) is 0 Å². The number of nitrogens with zero attached hydrogens (tertiary/aromatic N) is 1. The van der Waals surface area contributed by atoms with Crippen LogP contribution in [0, 0.1) is 0 Å². The highest BCUT2D eigenvalue weighted by molar-refractivity contribution is 7.47. The number of hydrogen-bond donors (Lipinski definition) is 3. The fourth-order valence-corrected chi connectivity index (χ4v) is 8.48. The number of hydrogen-bond acceptors (Lipinski definition) is 5. The minimum absolute atomic E-state index is 0.0630. The highest BCUT2D eigenvalue weighted by Crippen LogP contribution is 2.43. The van der Waals surface area contributed by atoms with Crippen LogP contribution >= 0.6 is 7.82 Å². The number of carbonyl (C=O) groups is 1. The maximum absolute atomic E-state index is 12.9. The standard InChI is InChI=1S/C52H103N2O6P/c1-6-8-10-12-14-16-18-20-22-24-25-26-27-28-29-30-32-34-36-38-40-42-44-46-52(56)53-50(49-60-61(57,58)59-48-47-54(3,4)5)51(55)45-43-41-39-37-35-33-31-23-21-19-17-15-13-11-9-7-2/h24-25,43,45,50-51,55H,6-23,26-42,44,46-49H2,1-5H3,(H-,53,56,57,58)/p+1/b25-24-,45-43+. The summed E-state index contributed by atoms with van der Waals surface area (Å²) in [6.45, 7) is 4.84. The van der Waals surface area contributed by atoms with Crippen LogP contribution in [0.4, 0.5) is 0 Å². The average molecular weight is 884 g/mol. The Hall–Kier alpha value is -1.02. The lowest BCUT2D eigenvalue weighted by Gasteiger charge is -2.25. The highest BCUT2D eigenvalue weighted by Gasteiger charge is 2.27. The van der Waals surface area contributed by atoms with Crippen molar-refractivity contribution in [3.63, 3.8) is 0 Å². The van der Waals surface area contributed by atoms with E-state index in [0.29, 0.717) is 17.4 Å². The molecule has 1 amide bonds. The number of phosphoric ester groups is 1. The Morgan fingerprint density at radius 1 is 0.541 bits per heavy atom. The van der Waals surface area contributed by atoms with Gasteiger partial charge in [0.1, 0.15) is 13.2 Å². The molecule has 8 nitrogen and oxygen atoms in total. The van der Waals surface area contributed by atoms with Gasteiger partial charge >= 0.3 is 7.82 Å². The van der Waals surface area contributed by atoms with Crippen molar-refractivity contribution in [2.24, 2.45) is 0 Å². The molecule has 0 aromatic carbocycles. The Morgan fingerprint density at radius 2 is 0.885 bits per heavy atom. The van der Waals surface area contributed by atoms with E-state index in [1.165, 1.54) is 193 Å². The quantitative estimate of drug-likeness (QED) is 0.0243. The second-order valence-electron chi connectivity index (χ2n) is 19.3. The van der Waals surface area contributed by atoms with E-state index in [1.54, 1.807) is 6.08 Å². The van der Waals surface area contributed by atoms with E-state index < -0.39 is 20.0 Å². The second kappa shape index (κ2) is 44.2. The molecule has 0 spiro atoms. The van der Waals surface area contributed by atoms with E-state index in [2.05, 4.69) is 31.3 Å². The Labute approximate surface area is 379 Å². The van der Waals surface area contributed by atoms with Gasteiger partial charge in [-0.3, -0.25) is 13.8 Å². The molecule has 0 aliphatic rings. The maximum atomic E-state index is 12.9. The van der Waals surface area contributed by atoms with Crippen molar-refractivity contribution in [3.05, 3.63) is 24.3 Å². The molecular weight excluding hydrogens is 780 g/mol. The molecule has 0 rings (SSSR count). The summed E-state index contributed by atoms with van der Waals surface area (Å²) in [7, 11) is 1.58. The molecule has 3 atom stereocenters. The number of carbonyl (C=O) groups excluding carboxylic acids is 1. The van der Waals surface area contributed by atoms with Gasteiger partial charge in [-0.2, -0.15) is 0 Å². The summed E-state index contributed by atoms with van der Waals surface area (Å²) in [5.41, 5.74) is 0. The van der Waals surface area contributed by atoms with Crippen LogP contribution < -0.4 is 5.32 Å². The molecule has 9 heteroatoms. The number of likely N-dealkylation sites (N-methyl/N-ethyl adjacent to an activating group) is 1. The topological polar surface area (TPSA) is 105 Å². The van der Waals surface area contributed by atoms with E-state index in [0.717, 1.165) is 38.5 Å². The molecular formula is C52H104N2O6P+. The number of nitrogens with one attached hydrogen (secondary N) is 1. The van der Waals surface area contributed by atoms with Crippen LogP contribution in [-0.2, 0) is 18.4 Å². The van der Waals surface area contributed by atoms with Gasteiger partial charge in [0.25, 0.3) is 0 Å². The molecule has 3 unspecified atom stereocenters. The van der Waals surface area contributed by atoms with E-state index in [1.807, 2.05) is 27.2 Å². The van der Waals surface area contributed by atoms with Gasteiger partial charge < -0.3 is 19.8 Å². The van der Waals surface area contributed by atoms with Crippen molar-refractivity contribution in [2.75, 3.05) is 40.9 Å². The van der Waals surface area contributed by atoms with Gasteiger partial charge in [-0.05, 0) is 44.9 Å². The van der Waals surface area contributed by atoms with Gasteiger partial charge in [-0.1, -0.05) is 224 Å². The first-order chi connectivity index (χ1) is 29.5. The summed E-state index contributed by atoms with van der Waals surface area (Å²) in [4.78, 5) is 23.2. The van der Waals surface area contributed by atoms with Gasteiger partial charge in [0.2, 0.25) is 5.91 Å². The third-order valence-electron chi connectivity index (χ3n) is 11.9. The van der Waals surface area contributed by atoms with Crippen molar-refractivity contribution in [2.45, 2.75) is 264 Å². The summed E-state index contributed by atoms with van der Waals surface area (Å²) < 4.78 is 23.6.